The van der Waals surface area contributed by atoms with Crippen LogP contribution in [0.2, 0.25) is 5.02 Å². The first-order chi connectivity index (χ1) is 10.1. The standard InChI is InChI=1S/C18H14BrClO/c19-17-10-9-16(14-3-1-2-4-15(14)17)18(21)11-12-5-7-13(20)8-6-12/h1-10,18,21H,11H2. The molecule has 3 rings (SSSR count). The van der Waals surface area contributed by atoms with Crippen LogP contribution in [-0.4, -0.2) is 5.11 Å². The number of hydrogen-bond acceptors (Lipinski definition) is 1. The lowest BCUT2D eigenvalue weighted by atomic mass is 9.96. The lowest BCUT2D eigenvalue weighted by Gasteiger charge is -2.15. The van der Waals surface area contributed by atoms with Crippen molar-refractivity contribution < 1.29 is 5.11 Å². The van der Waals surface area contributed by atoms with Gasteiger partial charge in [0.15, 0.2) is 0 Å². The lowest BCUT2D eigenvalue weighted by molar-refractivity contribution is 0.180. The molecular formula is C18H14BrClO. The van der Waals surface area contributed by atoms with E-state index >= 15 is 0 Å². The highest BCUT2D eigenvalue weighted by Gasteiger charge is 2.13. The van der Waals surface area contributed by atoms with Crippen LogP contribution in [0.1, 0.15) is 17.2 Å². The fourth-order valence-corrected chi connectivity index (χ4v) is 3.13. The highest BCUT2D eigenvalue weighted by molar-refractivity contribution is 9.10. The Morgan fingerprint density at radius 2 is 1.57 bits per heavy atom. The van der Waals surface area contributed by atoms with Crippen LogP contribution in [0.15, 0.2) is 65.1 Å². The summed E-state index contributed by atoms with van der Waals surface area (Å²) in [6.07, 6.45) is 0.0344. The quantitative estimate of drug-likeness (QED) is 0.650. The molecule has 3 heteroatoms. The molecule has 0 saturated heterocycles. The van der Waals surface area contributed by atoms with Gasteiger partial charge in [0.1, 0.15) is 0 Å². The van der Waals surface area contributed by atoms with Crippen LogP contribution in [0.4, 0.5) is 0 Å². The molecule has 0 aliphatic carbocycles. The normalized spacial score (nSPS) is 12.5. The van der Waals surface area contributed by atoms with Gasteiger partial charge in [-0.3, -0.25) is 0 Å². The topological polar surface area (TPSA) is 20.2 Å². The number of halogens is 2. The minimum absolute atomic E-state index is 0.538. The predicted molar refractivity (Wildman–Crippen MR) is 91.8 cm³/mol. The molecule has 1 unspecified atom stereocenters. The zero-order chi connectivity index (χ0) is 14.8. The lowest BCUT2D eigenvalue weighted by Crippen LogP contribution is -2.02. The Kier molecular flexibility index (Phi) is 4.29. The van der Waals surface area contributed by atoms with E-state index in [4.69, 9.17) is 11.6 Å². The third kappa shape index (κ3) is 3.13. The first kappa shape index (κ1) is 14.6. The van der Waals surface area contributed by atoms with Gasteiger partial charge in [-0.1, -0.05) is 70.0 Å². The van der Waals surface area contributed by atoms with Gasteiger partial charge in [0.05, 0.1) is 6.10 Å². The van der Waals surface area contributed by atoms with E-state index in [1.807, 2.05) is 54.6 Å². The van der Waals surface area contributed by atoms with Crippen LogP contribution in [0.3, 0.4) is 0 Å². The van der Waals surface area contributed by atoms with E-state index in [1.54, 1.807) is 0 Å². The molecule has 0 spiro atoms. The second-order valence-corrected chi connectivity index (χ2v) is 6.32. The number of rotatable bonds is 3. The highest BCUT2D eigenvalue weighted by atomic mass is 79.9. The molecule has 106 valence electrons. The van der Waals surface area contributed by atoms with Crippen molar-refractivity contribution in [3.8, 4) is 0 Å². The zero-order valence-corrected chi connectivity index (χ0v) is 13.6. The van der Waals surface area contributed by atoms with E-state index < -0.39 is 6.10 Å². The van der Waals surface area contributed by atoms with Crippen LogP contribution < -0.4 is 0 Å². The SMILES string of the molecule is OC(Cc1ccc(Cl)cc1)c1ccc(Br)c2ccccc12. The summed E-state index contributed by atoms with van der Waals surface area (Å²) in [5, 5.41) is 13.5. The molecule has 0 radical (unpaired) electrons. The molecule has 3 aromatic carbocycles. The van der Waals surface area contributed by atoms with Gasteiger partial charge in [-0.15, -0.1) is 0 Å². The molecular weight excluding hydrogens is 348 g/mol. The smallest absolute Gasteiger partial charge is 0.0836 e. The molecule has 1 nitrogen and oxygen atoms in total. The fraction of sp³-hybridized carbons (Fsp3) is 0.111. The van der Waals surface area contributed by atoms with Gasteiger partial charge in [-0.2, -0.15) is 0 Å². The van der Waals surface area contributed by atoms with Crippen molar-refractivity contribution in [2.75, 3.05) is 0 Å². The van der Waals surface area contributed by atoms with E-state index in [-0.39, 0.29) is 0 Å². The first-order valence-corrected chi connectivity index (χ1v) is 7.92. The van der Waals surface area contributed by atoms with Gasteiger partial charge in [0.25, 0.3) is 0 Å². The van der Waals surface area contributed by atoms with Crippen LogP contribution in [-0.2, 0) is 6.42 Å². The summed E-state index contributed by atoms with van der Waals surface area (Å²) in [6, 6.07) is 19.7. The van der Waals surface area contributed by atoms with Gasteiger partial charge >= 0.3 is 0 Å². The Bertz CT molecular complexity index is 768. The predicted octanol–water partition coefficient (Wildman–Crippen LogP) is 5.53. The maximum absolute atomic E-state index is 10.6. The van der Waals surface area contributed by atoms with E-state index in [2.05, 4.69) is 22.0 Å². The molecule has 0 aliphatic heterocycles. The Morgan fingerprint density at radius 1 is 0.905 bits per heavy atom. The van der Waals surface area contributed by atoms with Crippen molar-refractivity contribution in [1.82, 2.24) is 0 Å². The second-order valence-electron chi connectivity index (χ2n) is 5.03. The first-order valence-electron chi connectivity index (χ1n) is 6.75. The van der Waals surface area contributed by atoms with Gasteiger partial charge in [0, 0.05) is 15.9 Å². The summed E-state index contributed by atoms with van der Waals surface area (Å²) in [4.78, 5) is 0. The van der Waals surface area contributed by atoms with Gasteiger partial charge in [0.2, 0.25) is 0 Å². The van der Waals surface area contributed by atoms with Crippen molar-refractivity contribution in [2.24, 2.45) is 0 Å². The molecule has 0 amide bonds. The van der Waals surface area contributed by atoms with Gasteiger partial charge < -0.3 is 5.11 Å². The molecule has 0 saturated carbocycles. The van der Waals surface area contributed by atoms with Crippen LogP contribution in [0.25, 0.3) is 10.8 Å². The number of benzene rings is 3. The zero-order valence-electron chi connectivity index (χ0n) is 11.3. The highest BCUT2D eigenvalue weighted by Crippen LogP contribution is 2.31. The maximum Gasteiger partial charge on any atom is 0.0836 e. The number of hydrogen-bond donors (Lipinski definition) is 1. The van der Waals surface area contributed by atoms with Crippen LogP contribution >= 0.6 is 27.5 Å². The van der Waals surface area contributed by atoms with Crippen molar-refractivity contribution in [3.05, 3.63) is 81.3 Å². The molecule has 0 aliphatic rings. The number of fused-ring (bicyclic) bond motifs is 1. The van der Waals surface area contributed by atoms with E-state index in [0.717, 1.165) is 26.4 Å². The largest absolute Gasteiger partial charge is 0.388 e. The van der Waals surface area contributed by atoms with E-state index in [1.165, 1.54) is 0 Å². The Morgan fingerprint density at radius 3 is 2.29 bits per heavy atom. The maximum atomic E-state index is 10.6. The number of aliphatic hydroxyl groups is 1. The molecule has 0 aromatic heterocycles. The summed E-state index contributed by atoms with van der Waals surface area (Å²) in [7, 11) is 0. The Labute approximate surface area is 137 Å². The molecule has 1 N–H and O–H groups in total. The fourth-order valence-electron chi connectivity index (χ4n) is 2.53. The van der Waals surface area contributed by atoms with E-state index in [0.29, 0.717) is 11.4 Å². The summed E-state index contributed by atoms with van der Waals surface area (Å²) in [5.41, 5.74) is 2.02. The minimum Gasteiger partial charge on any atom is -0.388 e. The van der Waals surface area contributed by atoms with E-state index in [9.17, 15) is 5.11 Å². The molecule has 1 atom stereocenters. The Balaban J connectivity index is 1.96. The Hall–Kier alpha value is -1.35. The second kappa shape index (κ2) is 6.18. The van der Waals surface area contributed by atoms with Crippen molar-refractivity contribution in [3.63, 3.8) is 0 Å². The minimum atomic E-state index is -0.538. The average molecular weight is 362 g/mol. The van der Waals surface area contributed by atoms with Gasteiger partial charge in [-0.05, 0) is 40.1 Å². The summed E-state index contributed by atoms with van der Waals surface area (Å²) >= 11 is 9.45. The molecule has 3 aromatic rings. The average Bonchev–Trinajstić information content (AvgIpc) is 2.50. The van der Waals surface area contributed by atoms with Crippen molar-refractivity contribution in [1.29, 1.82) is 0 Å². The summed E-state index contributed by atoms with van der Waals surface area (Å²) in [5.74, 6) is 0. The molecule has 0 heterocycles. The molecule has 21 heavy (non-hydrogen) atoms. The third-order valence-corrected chi connectivity index (χ3v) is 4.55. The number of aliphatic hydroxyl groups excluding tert-OH is 1. The van der Waals surface area contributed by atoms with Crippen molar-refractivity contribution >= 4 is 38.3 Å². The molecule has 0 bridgehead atoms. The molecule has 0 fully saturated rings. The summed E-state index contributed by atoms with van der Waals surface area (Å²) < 4.78 is 1.04. The van der Waals surface area contributed by atoms with Crippen molar-refractivity contribution in [2.45, 2.75) is 12.5 Å². The monoisotopic (exact) mass is 360 g/mol. The van der Waals surface area contributed by atoms with Gasteiger partial charge in [-0.25, -0.2) is 0 Å². The van der Waals surface area contributed by atoms with Crippen LogP contribution in [0, 0.1) is 0 Å². The van der Waals surface area contributed by atoms with Crippen LogP contribution in [0.5, 0.6) is 0 Å². The summed E-state index contributed by atoms with van der Waals surface area (Å²) in [6.45, 7) is 0. The third-order valence-electron chi connectivity index (χ3n) is 3.61.